The molecule has 3 rings (SSSR count). The summed E-state index contributed by atoms with van der Waals surface area (Å²) in [6.07, 6.45) is 0.0837. The Bertz CT molecular complexity index is 872. The minimum absolute atomic E-state index is 0.0837. The van der Waals surface area contributed by atoms with E-state index in [0.29, 0.717) is 28.1 Å². The molecule has 1 N–H and O–H groups in total. The molecule has 0 aromatic heterocycles. The lowest BCUT2D eigenvalue weighted by molar-refractivity contribution is -0.129. The number of halogens is 2. The van der Waals surface area contributed by atoms with Crippen LogP contribution in [0.2, 0.25) is 5.02 Å². The second kappa shape index (κ2) is 8.54. The Balaban J connectivity index is 1.79. The zero-order valence-electron chi connectivity index (χ0n) is 14.5. The van der Waals surface area contributed by atoms with Crippen LogP contribution in [-0.2, 0) is 9.59 Å². The van der Waals surface area contributed by atoms with E-state index >= 15 is 0 Å². The maximum Gasteiger partial charge on any atom is 0.238 e. The molecule has 2 aromatic carbocycles. The van der Waals surface area contributed by atoms with E-state index in [1.165, 1.54) is 40.9 Å². The number of nitrogens with one attached hydrogen (secondary N) is 1. The van der Waals surface area contributed by atoms with Crippen molar-refractivity contribution in [3.05, 3.63) is 59.4 Å². The number of hydrogen-bond acceptors (Lipinski definition) is 4. The van der Waals surface area contributed by atoms with E-state index in [4.69, 9.17) is 11.6 Å². The van der Waals surface area contributed by atoms with Gasteiger partial charge in [0, 0.05) is 23.7 Å². The van der Waals surface area contributed by atoms with E-state index in [-0.39, 0.29) is 24.1 Å². The lowest BCUT2D eigenvalue weighted by atomic mass is 10.2. The molecule has 0 aliphatic carbocycles. The number of nitrogens with zero attached hydrogens (tertiary/aromatic N) is 2. The zero-order chi connectivity index (χ0) is 19.4. The van der Waals surface area contributed by atoms with Crippen molar-refractivity contribution in [2.24, 2.45) is 4.99 Å². The highest BCUT2D eigenvalue weighted by Crippen LogP contribution is 2.30. The van der Waals surface area contributed by atoms with Gasteiger partial charge in [-0.05, 0) is 55.5 Å². The van der Waals surface area contributed by atoms with Gasteiger partial charge in [0.1, 0.15) is 11.1 Å². The SMILES string of the molecule is CCN1C(=O)CC(C(=O)Nc2ccc(Cl)cc2)SC1=Nc1ccc(F)cc1. The fraction of sp³-hybridized carbons (Fsp3) is 0.211. The summed E-state index contributed by atoms with van der Waals surface area (Å²) in [4.78, 5) is 31.0. The molecule has 0 bridgehead atoms. The van der Waals surface area contributed by atoms with E-state index in [1.54, 1.807) is 24.3 Å². The summed E-state index contributed by atoms with van der Waals surface area (Å²) in [6.45, 7) is 2.28. The van der Waals surface area contributed by atoms with Crippen molar-refractivity contribution >= 4 is 51.7 Å². The Morgan fingerprint density at radius 1 is 1.26 bits per heavy atom. The zero-order valence-corrected chi connectivity index (χ0v) is 16.1. The van der Waals surface area contributed by atoms with Crippen LogP contribution in [0, 0.1) is 5.82 Å². The Morgan fingerprint density at radius 3 is 2.56 bits per heavy atom. The molecule has 1 atom stereocenters. The van der Waals surface area contributed by atoms with E-state index < -0.39 is 5.25 Å². The first-order chi connectivity index (χ1) is 13.0. The Kier molecular flexibility index (Phi) is 6.13. The minimum Gasteiger partial charge on any atom is -0.325 e. The number of hydrogen-bond donors (Lipinski definition) is 1. The lowest BCUT2D eigenvalue weighted by Crippen LogP contribution is -2.45. The van der Waals surface area contributed by atoms with Gasteiger partial charge in [0.05, 0.1) is 5.69 Å². The average Bonchev–Trinajstić information content (AvgIpc) is 2.65. The Labute approximate surface area is 165 Å². The van der Waals surface area contributed by atoms with Crippen molar-refractivity contribution in [1.82, 2.24) is 4.90 Å². The molecule has 2 amide bonds. The van der Waals surface area contributed by atoms with Gasteiger partial charge in [-0.15, -0.1) is 0 Å². The van der Waals surface area contributed by atoms with Crippen molar-refractivity contribution in [1.29, 1.82) is 0 Å². The van der Waals surface area contributed by atoms with Gasteiger partial charge in [-0.1, -0.05) is 23.4 Å². The molecular formula is C19H17ClFN3O2S. The highest BCUT2D eigenvalue weighted by Gasteiger charge is 2.35. The summed E-state index contributed by atoms with van der Waals surface area (Å²) in [5, 5.41) is 3.19. The van der Waals surface area contributed by atoms with Crippen molar-refractivity contribution in [2.75, 3.05) is 11.9 Å². The van der Waals surface area contributed by atoms with Crippen LogP contribution in [0.3, 0.4) is 0 Å². The first kappa shape index (κ1) is 19.4. The molecule has 2 aromatic rings. The summed E-state index contributed by atoms with van der Waals surface area (Å²) in [7, 11) is 0. The van der Waals surface area contributed by atoms with E-state index in [9.17, 15) is 14.0 Å². The largest absolute Gasteiger partial charge is 0.325 e. The molecule has 0 saturated carbocycles. The number of anilines is 1. The fourth-order valence-electron chi connectivity index (χ4n) is 2.53. The third-order valence-corrected chi connectivity index (χ3v) is 5.35. The normalized spacial score (nSPS) is 18.6. The summed E-state index contributed by atoms with van der Waals surface area (Å²) in [5.41, 5.74) is 1.12. The highest BCUT2D eigenvalue weighted by molar-refractivity contribution is 8.15. The molecule has 1 unspecified atom stereocenters. The smallest absolute Gasteiger partial charge is 0.238 e. The topological polar surface area (TPSA) is 61.8 Å². The van der Waals surface area contributed by atoms with Crippen LogP contribution in [0.1, 0.15) is 13.3 Å². The van der Waals surface area contributed by atoms with E-state index in [2.05, 4.69) is 10.3 Å². The van der Waals surface area contributed by atoms with Crippen LogP contribution >= 0.6 is 23.4 Å². The number of rotatable bonds is 4. The van der Waals surface area contributed by atoms with Crippen LogP contribution in [0.15, 0.2) is 53.5 Å². The molecule has 1 fully saturated rings. The lowest BCUT2D eigenvalue weighted by Gasteiger charge is -2.30. The summed E-state index contributed by atoms with van der Waals surface area (Å²) in [5.74, 6) is -0.814. The molecule has 140 valence electrons. The van der Waals surface area contributed by atoms with Gasteiger partial charge < -0.3 is 5.32 Å². The van der Waals surface area contributed by atoms with Crippen LogP contribution in [-0.4, -0.2) is 33.7 Å². The van der Waals surface area contributed by atoms with Gasteiger partial charge in [-0.3, -0.25) is 14.5 Å². The number of aliphatic imine (C=N–C) groups is 1. The van der Waals surface area contributed by atoms with Gasteiger partial charge in [-0.2, -0.15) is 0 Å². The number of benzene rings is 2. The molecule has 1 heterocycles. The molecule has 1 aliphatic rings. The molecule has 0 radical (unpaired) electrons. The van der Waals surface area contributed by atoms with Gasteiger partial charge in [0.25, 0.3) is 0 Å². The van der Waals surface area contributed by atoms with Crippen LogP contribution < -0.4 is 5.32 Å². The first-order valence-corrected chi connectivity index (χ1v) is 9.59. The molecule has 1 aliphatic heterocycles. The summed E-state index contributed by atoms with van der Waals surface area (Å²) >= 11 is 7.07. The third kappa shape index (κ3) is 4.87. The van der Waals surface area contributed by atoms with Gasteiger partial charge >= 0.3 is 0 Å². The van der Waals surface area contributed by atoms with Gasteiger partial charge in [0.2, 0.25) is 11.8 Å². The van der Waals surface area contributed by atoms with E-state index in [0.717, 1.165) is 0 Å². The highest BCUT2D eigenvalue weighted by atomic mass is 35.5. The average molecular weight is 406 g/mol. The number of amides is 2. The van der Waals surface area contributed by atoms with Crippen molar-refractivity contribution in [3.8, 4) is 0 Å². The summed E-state index contributed by atoms with van der Waals surface area (Å²) in [6, 6.07) is 12.4. The standard InChI is InChI=1S/C19H17ClFN3O2S/c1-2-24-17(25)11-16(18(26)22-14-7-3-12(20)4-8-14)27-19(24)23-15-9-5-13(21)6-10-15/h3-10,16H,2,11H2,1H3,(H,22,26). The van der Waals surface area contributed by atoms with Crippen LogP contribution in [0.4, 0.5) is 15.8 Å². The number of thioether (sulfide) groups is 1. The second-order valence-electron chi connectivity index (χ2n) is 5.82. The van der Waals surface area contributed by atoms with Crippen molar-refractivity contribution < 1.29 is 14.0 Å². The maximum absolute atomic E-state index is 13.1. The fourth-order valence-corrected chi connectivity index (χ4v) is 3.82. The predicted molar refractivity (Wildman–Crippen MR) is 107 cm³/mol. The molecule has 8 heteroatoms. The van der Waals surface area contributed by atoms with Crippen LogP contribution in [0.5, 0.6) is 0 Å². The van der Waals surface area contributed by atoms with Crippen LogP contribution in [0.25, 0.3) is 0 Å². The Hall–Kier alpha value is -2.38. The van der Waals surface area contributed by atoms with E-state index in [1.807, 2.05) is 6.92 Å². The monoisotopic (exact) mass is 405 g/mol. The molecule has 5 nitrogen and oxygen atoms in total. The minimum atomic E-state index is -0.602. The molecule has 1 saturated heterocycles. The predicted octanol–water partition coefficient (Wildman–Crippen LogP) is 4.46. The second-order valence-corrected chi connectivity index (χ2v) is 7.42. The number of carbonyl (C=O) groups is 2. The molecule has 27 heavy (non-hydrogen) atoms. The van der Waals surface area contributed by atoms with Crippen molar-refractivity contribution in [2.45, 2.75) is 18.6 Å². The summed E-state index contributed by atoms with van der Waals surface area (Å²) < 4.78 is 13.1. The Morgan fingerprint density at radius 2 is 1.93 bits per heavy atom. The number of carbonyl (C=O) groups excluding carboxylic acids is 2. The third-order valence-electron chi connectivity index (χ3n) is 3.91. The maximum atomic E-state index is 13.1. The molecule has 0 spiro atoms. The molecular weight excluding hydrogens is 389 g/mol. The quantitative estimate of drug-likeness (QED) is 0.816. The van der Waals surface area contributed by atoms with Gasteiger partial charge in [-0.25, -0.2) is 9.38 Å². The van der Waals surface area contributed by atoms with Gasteiger partial charge in [0.15, 0.2) is 5.17 Å². The van der Waals surface area contributed by atoms with Crippen molar-refractivity contribution in [3.63, 3.8) is 0 Å². The first-order valence-electron chi connectivity index (χ1n) is 8.34. The number of amidine groups is 1.